The summed E-state index contributed by atoms with van der Waals surface area (Å²) in [5.74, 6) is -0.378. The predicted molar refractivity (Wildman–Crippen MR) is 123 cm³/mol. The molecule has 0 amide bonds. The predicted octanol–water partition coefficient (Wildman–Crippen LogP) is 5.74. The maximum absolute atomic E-state index is 14.9. The first-order valence-corrected chi connectivity index (χ1v) is 11.2. The van der Waals surface area contributed by atoms with Gasteiger partial charge in [0.2, 0.25) is 0 Å². The largest absolute Gasteiger partial charge is 0.417 e. The molecular weight excluding hydrogens is 465 g/mol. The van der Waals surface area contributed by atoms with Crippen molar-refractivity contribution in [2.24, 2.45) is 0 Å². The van der Waals surface area contributed by atoms with E-state index in [2.05, 4.69) is 9.97 Å². The van der Waals surface area contributed by atoms with Gasteiger partial charge in [-0.25, -0.2) is 13.8 Å². The van der Waals surface area contributed by atoms with Crippen LogP contribution in [-0.2, 0) is 12.7 Å². The van der Waals surface area contributed by atoms with Crippen LogP contribution in [0.25, 0.3) is 10.9 Å². The van der Waals surface area contributed by atoms with Crippen LogP contribution in [0.15, 0.2) is 55.0 Å². The van der Waals surface area contributed by atoms with Crippen molar-refractivity contribution in [3.63, 3.8) is 0 Å². The van der Waals surface area contributed by atoms with Crippen molar-refractivity contribution in [3.8, 4) is 0 Å². The van der Waals surface area contributed by atoms with Crippen LogP contribution in [-0.4, -0.2) is 27.6 Å². The fraction of sp³-hybridized carbons (Fsp3) is 0.280. The molecule has 0 radical (unpaired) electrons. The minimum absolute atomic E-state index is 0.0737. The van der Waals surface area contributed by atoms with Crippen LogP contribution in [0.5, 0.6) is 0 Å². The molecule has 2 N–H and O–H groups in total. The number of alkyl halides is 3. The maximum atomic E-state index is 14.9. The molecule has 0 unspecified atom stereocenters. The van der Waals surface area contributed by atoms with E-state index >= 15 is 0 Å². The minimum atomic E-state index is -4.42. The van der Waals surface area contributed by atoms with Crippen molar-refractivity contribution in [3.05, 3.63) is 83.4 Å². The zero-order valence-corrected chi connectivity index (χ0v) is 18.6. The van der Waals surface area contributed by atoms with Crippen molar-refractivity contribution in [2.75, 3.05) is 23.7 Å². The van der Waals surface area contributed by atoms with Crippen LogP contribution in [0.3, 0.4) is 0 Å². The van der Waals surface area contributed by atoms with E-state index in [4.69, 9.17) is 5.73 Å². The van der Waals surface area contributed by atoms with Crippen molar-refractivity contribution < 1.29 is 22.0 Å². The second kappa shape index (κ2) is 8.83. The highest BCUT2D eigenvalue weighted by molar-refractivity contribution is 5.84. The molecule has 4 heterocycles. The molecule has 1 saturated heterocycles. The first-order chi connectivity index (χ1) is 16.7. The summed E-state index contributed by atoms with van der Waals surface area (Å²) in [6, 6.07) is 8.49. The Hall–Kier alpha value is -3.69. The van der Waals surface area contributed by atoms with Crippen molar-refractivity contribution >= 4 is 22.4 Å². The maximum Gasteiger partial charge on any atom is 0.417 e. The van der Waals surface area contributed by atoms with E-state index in [1.54, 1.807) is 29.1 Å². The summed E-state index contributed by atoms with van der Waals surface area (Å²) in [5, 5.41) is 0.633. The van der Waals surface area contributed by atoms with Gasteiger partial charge in [0.25, 0.3) is 0 Å². The summed E-state index contributed by atoms with van der Waals surface area (Å²) in [7, 11) is 0. The molecule has 3 aromatic heterocycles. The first kappa shape index (κ1) is 23.1. The van der Waals surface area contributed by atoms with Gasteiger partial charge in [-0.05, 0) is 60.7 Å². The average Bonchev–Trinajstić information content (AvgIpc) is 3.23. The van der Waals surface area contributed by atoms with E-state index in [-0.39, 0.29) is 18.2 Å². The third-order valence-corrected chi connectivity index (χ3v) is 6.46. The lowest BCUT2D eigenvalue weighted by Crippen LogP contribution is -2.33. The Morgan fingerprint density at radius 3 is 2.37 bits per heavy atom. The fourth-order valence-corrected chi connectivity index (χ4v) is 4.61. The quantitative estimate of drug-likeness (QED) is 0.295. The molecule has 1 aliphatic rings. The Morgan fingerprint density at radius 1 is 0.943 bits per heavy atom. The topological polar surface area (TPSA) is 60.0 Å². The number of hydrogen-bond donors (Lipinski definition) is 1. The van der Waals surface area contributed by atoms with Gasteiger partial charge in [0, 0.05) is 42.8 Å². The van der Waals surface area contributed by atoms with E-state index in [0.29, 0.717) is 48.3 Å². The third kappa shape index (κ3) is 4.65. The standard InChI is InChI=1S/C25H22F5N5/c26-20-10-17(12-32-22(20)14-35-8-5-16-9-19(31)11-21(27)24(16)35)15-3-6-34(7-4-15)23-2-1-18(13-33-23)25(28,29)30/h1-2,5,8-13,15H,3-4,6-7,14,31H2. The normalized spacial score (nSPS) is 15.2. The van der Waals surface area contributed by atoms with E-state index < -0.39 is 23.4 Å². The van der Waals surface area contributed by atoms with Crippen LogP contribution >= 0.6 is 0 Å². The lowest BCUT2D eigenvalue weighted by atomic mass is 9.90. The molecule has 5 nitrogen and oxygen atoms in total. The van der Waals surface area contributed by atoms with Crippen LogP contribution in [0.1, 0.15) is 35.6 Å². The summed E-state index contributed by atoms with van der Waals surface area (Å²) in [4.78, 5) is 10.2. The van der Waals surface area contributed by atoms with Gasteiger partial charge in [0.1, 0.15) is 17.5 Å². The average molecular weight is 487 g/mol. The number of nitrogens with two attached hydrogens (primary N) is 1. The van der Waals surface area contributed by atoms with E-state index in [9.17, 15) is 22.0 Å². The Kier molecular flexibility index (Phi) is 5.82. The van der Waals surface area contributed by atoms with Crippen LogP contribution in [0.2, 0.25) is 0 Å². The Labute approximate surface area is 198 Å². The van der Waals surface area contributed by atoms with Crippen LogP contribution < -0.4 is 10.6 Å². The molecule has 35 heavy (non-hydrogen) atoms. The summed E-state index contributed by atoms with van der Waals surface area (Å²) in [6.45, 7) is 1.25. The summed E-state index contributed by atoms with van der Waals surface area (Å²) in [6.07, 6.45) is 1.13. The molecule has 0 bridgehead atoms. The lowest BCUT2D eigenvalue weighted by molar-refractivity contribution is -0.137. The van der Waals surface area contributed by atoms with Gasteiger partial charge in [-0.15, -0.1) is 0 Å². The van der Waals surface area contributed by atoms with Crippen molar-refractivity contribution in [2.45, 2.75) is 31.5 Å². The van der Waals surface area contributed by atoms with E-state index in [1.165, 1.54) is 18.2 Å². The highest BCUT2D eigenvalue weighted by Gasteiger charge is 2.31. The molecule has 0 saturated carbocycles. The lowest BCUT2D eigenvalue weighted by Gasteiger charge is -2.33. The molecule has 0 spiro atoms. The number of aromatic nitrogens is 3. The number of nitrogen functional groups attached to an aromatic ring is 1. The number of benzene rings is 1. The fourth-order valence-electron chi connectivity index (χ4n) is 4.61. The summed E-state index contributed by atoms with van der Waals surface area (Å²) < 4.78 is 69.2. The highest BCUT2D eigenvalue weighted by atomic mass is 19.4. The van der Waals surface area contributed by atoms with Gasteiger partial charge < -0.3 is 15.2 Å². The molecule has 0 atom stereocenters. The molecular formula is C25H22F5N5. The van der Waals surface area contributed by atoms with Crippen LogP contribution in [0, 0.1) is 11.6 Å². The van der Waals surface area contributed by atoms with Gasteiger partial charge >= 0.3 is 6.18 Å². The first-order valence-electron chi connectivity index (χ1n) is 11.2. The molecule has 1 aliphatic heterocycles. The number of piperidine rings is 1. The summed E-state index contributed by atoms with van der Waals surface area (Å²) in [5.41, 5.74) is 6.54. The van der Waals surface area contributed by atoms with Gasteiger partial charge in [-0.2, -0.15) is 13.2 Å². The van der Waals surface area contributed by atoms with Crippen LogP contribution in [0.4, 0.5) is 33.5 Å². The van der Waals surface area contributed by atoms with Gasteiger partial charge in [-0.3, -0.25) is 4.98 Å². The number of nitrogens with zero attached hydrogens (tertiary/aromatic N) is 4. The SMILES string of the molecule is Nc1cc(F)c2c(ccn2Cc2ncc(C3CCN(c4ccc(C(F)(F)F)cn4)CC3)cc2F)c1. The third-order valence-electron chi connectivity index (χ3n) is 6.46. The zero-order chi connectivity index (χ0) is 24.7. The Morgan fingerprint density at radius 2 is 1.71 bits per heavy atom. The van der Waals surface area contributed by atoms with Gasteiger partial charge in [-0.1, -0.05) is 0 Å². The monoisotopic (exact) mass is 487 g/mol. The number of anilines is 2. The molecule has 5 rings (SSSR count). The summed E-state index contributed by atoms with van der Waals surface area (Å²) >= 11 is 0. The van der Waals surface area contributed by atoms with Crippen molar-refractivity contribution in [1.82, 2.24) is 14.5 Å². The number of halogens is 5. The van der Waals surface area contributed by atoms with Crippen molar-refractivity contribution in [1.29, 1.82) is 0 Å². The molecule has 1 fully saturated rings. The molecule has 10 heteroatoms. The molecule has 0 aliphatic carbocycles. The number of pyridine rings is 2. The molecule has 1 aromatic carbocycles. The Balaban J connectivity index is 1.26. The number of rotatable bonds is 4. The second-order valence-electron chi connectivity index (χ2n) is 8.75. The number of fused-ring (bicyclic) bond motifs is 1. The zero-order valence-electron chi connectivity index (χ0n) is 18.6. The number of hydrogen-bond acceptors (Lipinski definition) is 4. The second-order valence-corrected chi connectivity index (χ2v) is 8.75. The van der Waals surface area contributed by atoms with Gasteiger partial charge in [0.05, 0.1) is 23.3 Å². The molecule has 182 valence electrons. The highest BCUT2D eigenvalue weighted by Crippen LogP contribution is 2.33. The smallest absolute Gasteiger partial charge is 0.399 e. The van der Waals surface area contributed by atoms with Gasteiger partial charge in [0.15, 0.2) is 0 Å². The van der Waals surface area contributed by atoms with E-state index in [1.807, 2.05) is 4.90 Å². The Bertz CT molecular complexity index is 1360. The molecule has 4 aromatic rings. The minimum Gasteiger partial charge on any atom is -0.399 e. The van der Waals surface area contributed by atoms with E-state index in [0.717, 1.165) is 17.8 Å².